The van der Waals surface area contributed by atoms with Crippen molar-refractivity contribution in [3.8, 4) is 11.8 Å². The molecule has 0 saturated carbocycles. The molecule has 0 fully saturated rings. The number of para-hydroxylation sites is 1. The molecule has 3 atom stereocenters. The van der Waals surface area contributed by atoms with Gasteiger partial charge >= 0.3 is 6.18 Å². The average Bonchev–Trinajstić information content (AvgIpc) is 3.43. The number of amides is 3. The Hall–Kier alpha value is -5.51. The summed E-state index contributed by atoms with van der Waals surface area (Å²) in [6.07, 6.45) is -4.70. The Morgan fingerprint density at radius 2 is 1.74 bits per heavy atom. The first kappa shape index (κ1) is 31.9. The fourth-order valence-corrected chi connectivity index (χ4v) is 5.43. The van der Waals surface area contributed by atoms with Gasteiger partial charge in [0.05, 0.1) is 29.6 Å². The summed E-state index contributed by atoms with van der Waals surface area (Å²) in [6, 6.07) is 18.5. The molecule has 0 bridgehead atoms. The molecule has 0 radical (unpaired) electrons. The maximum absolute atomic E-state index is 14.3. The number of benzene rings is 3. The summed E-state index contributed by atoms with van der Waals surface area (Å²) in [5, 5.41) is 19.3. The molecule has 13 heteroatoms. The highest BCUT2D eigenvalue weighted by Gasteiger charge is 2.46. The molecule has 1 aromatic heterocycles. The lowest BCUT2D eigenvalue weighted by Crippen LogP contribution is -2.55. The monoisotopic (exact) mass is 632 g/mol. The van der Waals surface area contributed by atoms with Crippen LogP contribution in [0.25, 0.3) is 5.69 Å². The van der Waals surface area contributed by atoms with Gasteiger partial charge in [0.2, 0.25) is 5.91 Å². The highest BCUT2D eigenvalue weighted by atomic mass is 19.4. The topological polar surface area (TPSA) is 120 Å². The van der Waals surface area contributed by atoms with Gasteiger partial charge in [-0.1, -0.05) is 36.4 Å². The molecule has 236 valence electrons. The fourth-order valence-electron chi connectivity index (χ4n) is 5.43. The van der Waals surface area contributed by atoms with Gasteiger partial charge in [0.25, 0.3) is 11.8 Å². The number of hydrogen-bond donors (Lipinski definition) is 2. The van der Waals surface area contributed by atoms with Crippen molar-refractivity contribution < 1.29 is 31.9 Å². The summed E-state index contributed by atoms with van der Waals surface area (Å²) < 4.78 is 56.0. The van der Waals surface area contributed by atoms with E-state index in [0.29, 0.717) is 34.4 Å². The first-order valence-electron chi connectivity index (χ1n) is 14.3. The predicted molar refractivity (Wildman–Crippen MR) is 159 cm³/mol. The Morgan fingerprint density at radius 1 is 1.04 bits per heavy atom. The van der Waals surface area contributed by atoms with E-state index in [1.165, 1.54) is 46.8 Å². The summed E-state index contributed by atoms with van der Waals surface area (Å²) in [4.78, 5) is 41.8. The van der Waals surface area contributed by atoms with Gasteiger partial charge in [-0.05, 0) is 61.9 Å². The average molecular weight is 633 g/mol. The SMILES string of the molecule is CCN1C(=O)[C@H](NC(=O)c2cccc(C(F)(F)F)c2)[C@H](c2ccc(F)cc2)c2c(CNC(=O)[C@@H](C)C#N)nn(-c3ccccc3)c21. The van der Waals surface area contributed by atoms with Crippen LogP contribution in [-0.4, -0.2) is 40.1 Å². The third-order valence-corrected chi connectivity index (χ3v) is 7.71. The van der Waals surface area contributed by atoms with Crippen molar-refractivity contribution in [3.05, 3.63) is 113 Å². The second-order valence-corrected chi connectivity index (χ2v) is 10.6. The van der Waals surface area contributed by atoms with Gasteiger partial charge in [0.1, 0.15) is 23.6 Å². The Morgan fingerprint density at radius 3 is 2.37 bits per heavy atom. The summed E-state index contributed by atoms with van der Waals surface area (Å²) in [5.41, 5.74) is 0.375. The number of fused-ring (bicyclic) bond motifs is 1. The van der Waals surface area contributed by atoms with Crippen LogP contribution in [0.1, 0.15) is 52.5 Å². The van der Waals surface area contributed by atoms with Crippen LogP contribution in [0.15, 0.2) is 78.9 Å². The Balaban J connectivity index is 1.69. The molecule has 46 heavy (non-hydrogen) atoms. The molecule has 3 aromatic carbocycles. The molecule has 4 aromatic rings. The zero-order valence-corrected chi connectivity index (χ0v) is 24.7. The van der Waals surface area contributed by atoms with Crippen molar-refractivity contribution in [1.29, 1.82) is 5.26 Å². The van der Waals surface area contributed by atoms with E-state index in [0.717, 1.165) is 12.1 Å². The largest absolute Gasteiger partial charge is 0.416 e. The second kappa shape index (κ2) is 12.8. The Kier molecular flexibility index (Phi) is 8.91. The molecule has 0 unspecified atom stereocenters. The lowest BCUT2D eigenvalue weighted by molar-refractivity contribution is -0.137. The maximum atomic E-state index is 14.3. The number of likely N-dealkylation sites (N-methyl/N-ethyl adjacent to an activating group) is 1. The highest BCUT2D eigenvalue weighted by Crippen LogP contribution is 2.44. The number of hydrogen-bond acceptors (Lipinski definition) is 5. The molecule has 5 rings (SSSR count). The third kappa shape index (κ3) is 6.19. The number of nitrogens with one attached hydrogen (secondary N) is 2. The minimum Gasteiger partial charge on any atom is -0.349 e. The Bertz CT molecular complexity index is 1820. The molecule has 1 aliphatic rings. The van der Waals surface area contributed by atoms with Crippen LogP contribution in [-0.2, 0) is 22.3 Å². The van der Waals surface area contributed by atoms with Crippen molar-refractivity contribution in [2.24, 2.45) is 5.92 Å². The Labute approximate surface area is 261 Å². The zero-order valence-electron chi connectivity index (χ0n) is 24.7. The van der Waals surface area contributed by atoms with Crippen molar-refractivity contribution in [2.45, 2.75) is 38.5 Å². The van der Waals surface area contributed by atoms with Gasteiger partial charge in [-0.3, -0.25) is 19.3 Å². The number of nitriles is 1. The lowest BCUT2D eigenvalue weighted by Gasteiger charge is -2.38. The normalized spacial score (nSPS) is 16.7. The number of halogens is 4. The molecule has 3 amide bonds. The smallest absolute Gasteiger partial charge is 0.349 e. The minimum atomic E-state index is -4.70. The summed E-state index contributed by atoms with van der Waals surface area (Å²) >= 11 is 0. The first-order valence-corrected chi connectivity index (χ1v) is 14.3. The molecule has 2 N–H and O–H groups in total. The quantitative estimate of drug-likeness (QED) is 0.262. The van der Waals surface area contributed by atoms with Crippen LogP contribution >= 0.6 is 0 Å². The van der Waals surface area contributed by atoms with Crippen LogP contribution in [0.3, 0.4) is 0 Å². The van der Waals surface area contributed by atoms with E-state index in [-0.39, 0.29) is 18.7 Å². The van der Waals surface area contributed by atoms with Crippen molar-refractivity contribution in [3.63, 3.8) is 0 Å². The van der Waals surface area contributed by atoms with Crippen LogP contribution < -0.4 is 15.5 Å². The van der Waals surface area contributed by atoms with E-state index >= 15 is 0 Å². The van der Waals surface area contributed by atoms with Gasteiger partial charge < -0.3 is 10.6 Å². The highest BCUT2D eigenvalue weighted by molar-refractivity contribution is 6.05. The molecule has 0 spiro atoms. The number of alkyl halides is 3. The van der Waals surface area contributed by atoms with E-state index in [1.807, 2.05) is 6.07 Å². The molecule has 9 nitrogen and oxygen atoms in total. The van der Waals surface area contributed by atoms with Gasteiger partial charge in [0.15, 0.2) is 0 Å². The van der Waals surface area contributed by atoms with Crippen LogP contribution in [0.4, 0.5) is 23.4 Å². The first-order chi connectivity index (χ1) is 21.9. The van der Waals surface area contributed by atoms with Crippen molar-refractivity contribution in [1.82, 2.24) is 20.4 Å². The molecule has 0 aliphatic carbocycles. The number of carbonyl (C=O) groups excluding carboxylic acids is 3. The van der Waals surface area contributed by atoms with Crippen LogP contribution in [0, 0.1) is 23.1 Å². The second-order valence-electron chi connectivity index (χ2n) is 10.6. The maximum Gasteiger partial charge on any atom is 0.416 e. The number of aromatic nitrogens is 2. The minimum absolute atomic E-state index is 0.119. The fraction of sp³-hybridized carbons (Fsp3) is 0.242. The number of anilines is 1. The third-order valence-electron chi connectivity index (χ3n) is 7.71. The van der Waals surface area contributed by atoms with E-state index in [1.54, 1.807) is 37.3 Å². The number of rotatable bonds is 8. The lowest BCUT2D eigenvalue weighted by atomic mass is 9.80. The molecule has 0 saturated heterocycles. The van der Waals surface area contributed by atoms with Crippen molar-refractivity contribution in [2.75, 3.05) is 11.4 Å². The standard InChI is InChI=1S/C33H28F4N6O3/c1-3-42-31-27(25(18-39-29(44)19(2)17-38)41-43(31)24-10-5-4-6-11-24)26(20-12-14-23(34)15-13-20)28(32(42)46)40-30(45)21-8-7-9-22(16-21)33(35,36)37/h4-16,19,26,28H,3,18H2,1-2H3,(H,39,44)(H,40,45)/t19-,26+,28+/m0/s1. The van der Waals surface area contributed by atoms with Crippen LogP contribution in [0.5, 0.6) is 0 Å². The summed E-state index contributed by atoms with van der Waals surface area (Å²) in [6.45, 7) is 3.11. The number of carbonyl (C=O) groups is 3. The van der Waals surface area contributed by atoms with Gasteiger partial charge in [-0.15, -0.1) is 0 Å². The van der Waals surface area contributed by atoms with Gasteiger partial charge in [-0.2, -0.15) is 23.5 Å². The molecule has 1 aliphatic heterocycles. The molecular weight excluding hydrogens is 604 g/mol. The number of nitrogens with zero attached hydrogens (tertiary/aromatic N) is 4. The molecular formula is C33H28F4N6O3. The van der Waals surface area contributed by atoms with E-state index in [4.69, 9.17) is 5.10 Å². The summed E-state index contributed by atoms with van der Waals surface area (Å²) in [5.74, 6) is -4.23. The summed E-state index contributed by atoms with van der Waals surface area (Å²) in [7, 11) is 0. The van der Waals surface area contributed by atoms with Gasteiger partial charge in [0, 0.05) is 23.6 Å². The van der Waals surface area contributed by atoms with E-state index < -0.39 is 53.2 Å². The van der Waals surface area contributed by atoms with Gasteiger partial charge in [-0.25, -0.2) is 9.07 Å². The molecule has 2 heterocycles. The van der Waals surface area contributed by atoms with E-state index in [2.05, 4.69) is 10.6 Å². The zero-order chi connectivity index (χ0) is 33.2. The van der Waals surface area contributed by atoms with Crippen molar-refractivity contribution >= 4 is 23.5 Å². The van der Waals surface area contributed by atoms with Crippen LogP contribution in [0.2, 0.25) is 0 Å². The van der Waals surface area contributed by atoms with E-state index in [9.17, 15) is 37.2 Å². The predicted octanol–water partition coefficient (Wildman–Crippen LogP) is 5.10.